The molecule has 1 aromatic carbocycles. The summed E-state index contributed by atoms with van der Waals surface area (Å²) in [7, 11) is 0. The zero-order valence-electron chi connectivity index (χ0n) is 11.7. The number of carboxylic acid groups (broad SMARTS) is 1. The molecule has 2 aromatic rings. The van der Waals surface area contributed by atoms with Gasteiger partial charge in [-0.15, -0.1) is 5.10 Å². The van der Waals surface area contributed by atoms with Crippen LogP contribution in [-0.2, 0) is 4.79 Å². The second-order valence-electron chi connectivity index (χ2n) is 5.06. The Labute approximate surface area is 122 Å². The van der Waals surface area contributed by atoms with Crippen molar-refractivity contribution in [3.8, 4) is 11.3 Å². The van der Waals surface area contributed by atoms with Gasteiger partial charge in [0, 0.05) is 11.1 Å². The second-order valence-corrected chi connectivity index (χ2v) is 5.06. The van der Waals surface area contributed by atoms with Crippen LogP contribution in [0, 0.1) is 6.92 Å². The van der Waals surface area contributed by atoms with E-state index in [1.165, 1.54) is 5.56 Å². The van der Waals surface area contributed by atoms with Crippen LogP contribution in [-0.4, -0.2) is 26.1 Å². The SMILES string of the molecule is Cc1ccc(-c2cn(C3=CCCC(C(=O)O)=C3)nn2)cc1. The molecule has 0 atom stereocenters. The number of carbonyl (C=O) groups is 1. The minimum atomic E-state index is -0.875. The van der Waals surface area contributed by atoms with E-state index in [1.807, 2.05) is 43.5 Å². The van der Waals surface area contributed by atoms with Crippen LogP contribution in [0.5, 0.6) is 0 Å². The summed E-state index contributed by atoms with van der Waals surface area (Å²) in [4.78, 5) is 11.0. The first-order valence-corrected chi connectivity index (χ1v) is 6.77. The van der Waals surface area contributed by atoms with Crippen LogP contribution in [0.2, 0.25) is 0 Å². The minimum Gasteiger partial charge on any atom is -0.478 e. The van der Waals surface area contributed by atoms with Crippen molar-refractivity contribution >= 4 is 11.7 Å². The van der Waals surface area contributed by atoms with Crippen molar-refractivity contribution in [1.82, 2.24) is 15.0 Å². The van der Waals surface area contributed by atoms with E-state index in [-0.39, 0.29) is 0 Å². The van der Waals surface area contributed by atoms with Gasteiger partial charge in [-0.2, -0.15) is 0 Å². The summed E-state index contributed by atoms with van der Waals surface area (Å²) >= 11 is 0. The molecule has 0 amide bonds. The molecule has 1 heterocycles. The molecule has 5 nitrogen and oxygen atoms in total. The summed E-state index contributed by atoms with van der Waals surface area (Å²) in [5.74, 6) is -0.875. The van der Waals surface area contributed by atoms with Gasteiger partial charge in [-0.05, 0) is 25.8 Å². The zero-order chi connectivity index (χ0) is 14.8. The normalized spacial score (nSPS) is 14.5. The number of hydrogen-bond acceptors (Lipinski definition) is 3. The monoisotopic (exact) mass is 281 g/mol. The Bertz CT molecular complexity index is 739. The fraction of sp³-hybridized carbons (Fsp3) is 0.188. The quantitative estimate of drug-likeness (QED) is 0.939. The molecule has 0 bridgehead atoms. The summed E-state index contributed by atoms with van der Waals surface area (Å²) in [6, 6.07) is 8.04. The molecule has 0 aliphatic heterocycles. The third kappa shape index (κ3) is 2.76. The van der Waals surface area contributed by atoms with Crippen molar-refractivity contribution in [2.75, 3.05) is 0 Å². The highest BCUT2D eigenvalue weighted by molar-refractivity contribution is 5.90. The molecule has 1 N–H and O–H groups in total. The average molecular weight is 281 g/mol. The first kappa shape index (κ1) is 13.3. The fourth-order valence-electron chi connectivity index (χ4n) is 2.26. The predicted octanol–water partition coefficient (Wildman–Crippen LogP) is 2.90. The fourth-order valence-corrected chi connectivity index (χ4v) is 2.26. The van der Waals surface area contributed by atoms with E-state index in [4.69, 9.17) is 5.11 Å². The van der Waals surface area contributed by atoms with Crippen LogP contribution < -0.4 is 0 Å². The van der Waals surface area contributed by atoms with Gasteiger partial charge in [-0.1, -0.05) is 41.1 Å². The Hall–Kier alpha value is -2.69. The Balaban J connectivity index is 1.90. The van der Waals surface area contributed by atoms with E-state index >= 15 is 0 Å². The number of benzene rings is 1. The van der Waals surface area contributed by atoms with Crippen LogP contribution in [0.25, 0.3) is 17.0 Å². The first-order chi connectivity index (χ1) is 10.1. The first-order valence-electron chi connectivity index (χ1n) is 6.77. The number of aromatic nitrogens is 3. The summed E-state index contributed by atoms with van der Waals surface area (Å²) in [5.41, 5.74) is 4.11. The molecule has 0 fully saturated rings. The molecular weight excluding hydrogens is 266 g/mol. The highest BCUT2D eigenvalue weighted by Gasteiger charge is 2.14. The van der Waals surface area contributed by atoms with Crippen molar-refractivity contribution < 1.29 is 9.90 Å². The van der Waals surface area contributed by atoms with Crippen molar-refractivity contribution in [1.29, 1.82) is 0 Å². The van der Waals surface area contributed by atoms with Gasteiger partial charge >= 0.3 is 5.97 Å². The molecule has 5 heteroatoms. The van der Waals surface area contributed by atoms with Gasteiger partial charge in [-0.3, -0.25) is 0 Å². The highest BCUT2D eigenvalue weighted by Crippen LogP contribution is 2.23. The average Bonchev–Trinajstić information content (AvgIpc) is 2.98. The predicted molar refractivity (Wildman–Crippen MR) is 79.4 cm³/mol. The number of aryl methyl sites for hydroxylation is 1. The second kappa shape index (κ2) is 5.36. The standard InChI is InChI=1S/C16H15N3O2/c1-11-5-7-12(8-6-11)15-10-19(18-17-15)14-4-2-3-13(9-14)16(20)21/h4-10H,2-3H2,1H3,(H,20,21). The zero-order valence-corrected chi connectivity index (χ0v) is 11.7. The Morgan fingerprint density at radius 3 is 2.76 bits per heavy atom. The minimum absolute atomic E-state index is 0.403. The van der Waals surface area contributed by atoms with E-state index in [0.717, 1.165) is 17.0 Å². The van der Waals surface area contributed by atoms with Gasteiger partial charge in [-0.25, -0.2) is 9.48 Å². The maximum Gasteiger partial charge on any atom is 0.331 e. The third-order valence-corrected chi connectivity index (χ3v) is 3.47. The smallest absolute Gasteiger partial charge is 0.331 e. The lowest BCUT2D eigenvalue weighted by Crippen LogP contribution is -2.07. The largest absolute Gasteiger partial charge is 0.478 e. The van der Waals surface area contributed by atoms with E-state index in [2.05, 4.69) is 10.3 Å². The van der Waals surface area contributed by atoms with Crippen molar-refractivity contribution in [3.05, 3.63) is 53.8 Å². The van der Waals surface area contributed by atoms with E-state index in [1.54, 1.807) is 10.8 Å². The van der Waals surface area contributed by atoms with Crippen LogP contribution in [0.15, 0.2) is 48.2 Å². The summed E-state index contributed by atoms with van der Waals surface area (Å²) in [5, 5.41) is 17.3. The molecule has 1 aliphatic carbocycles. The molecule has 0 saturated carbocycles. The number of nitrogens with zero attached hydrogens (tertiary/aromatic N) is 3. The molecule has 106 valence electrons. The highest BCUT2D eigenvalue weighted by atomic mass is 16.4. The topological polar surface area (TPSA) is 68.0 Å². The van der Waals surface area contributed by atoms with E-state index in [0.29, 0.717) is 18.4 Å². The maximum absolute atomic E-state index is 11.0. The van der Waals surface area contributed by atoms with Gasteiger partial charge in [0.05, 0.1) is 11.9 Å². The number of aliphatic carboxylic acids is 1. The number of rotatable bonds is 3. The number of hydrogen-bond donors (Lipinski definition) is 1. The number of allylic oxidation sites excluding steroid dienone is 3. The van der Waals surface area contributed by atoms with Gasteiger partial charge in [0.25, 0.3) is 0 Å². The molecule has 0 spiro atoms. The van der Waals surface area contributed by atoms with Crippen molar-refractivity contribution in [2.45, 2.75) is 19.8 Å². The van der Waals surface area contributed by atoms with Crippen LogP contribution in [0.1, 0.15) is 18.4 Å². The van der Waals surface area contributed by atoms with Gasteiger partial charge < -0.3 is 5.11 Å². The van der Waals surface area contributed by atoms with Gasteiger partial charge in [0.2, 0.25) is 0 Å². The molecule has 1 aliphatic rings. The molecule has 21 heavy (non-hydrogen) atoms. The summed E-state index contributed by atoms with van der Waals surface area (Å²) in [6.45, 7) is 2.03. The van der Waals surface area contributed by atoms with E-state index in [9.17, 15) is 4.79 Å². The molecule has 1 aromatic heterocycles. The summed E-state index contributed by atoms with van der Waals surface area (Å²) in [6.07, 6.45) is 6.70. The summed E-state index contributed by atoms with van der Waals surface area (Å²) < 4.78 is 1.62. The van der Waals surface area contributed by atoms with E-state index < -0.39 is 5.97 Å². The van der Waals surface area contributed by atoms with Crippen LogP contribution >= 0.6 is 0 Å². The van der Waals surface area contributed by atoms with Crippen molar-refractivity contribution in [2.24, 2.45) is 0 Å². The van der Waals surface area contributed by atoms with Gasteiger partial charge in [0.1, 0.15) is 5.69 Å². The number of carboxylic acids is 1. The Kier molecular flexibility index (Phi) is 3.39. The Morgan fingerprint density at radius 1 is 1.29 bits per heavy atom. The maximum atomic E-state index is 11.0. The lowest BCUT2D eigenvalue weighted by molar-refractivity contribution is -0.132. The van der Waals surface area contributed by atoms with Crippen molar-refractivity contribution in [3.63, 3.8) is 0 Å². The third-order valence-electron chi connectivity index (χ3n) is 3.47. The lowest BCUT2D eigenvalue weighted by Gasteiger charge is -2.09. The molecular formula is C16H15N3O2. The van der Waals surface area contributed by atoms with Crippen LogP contribution in [0.4, 0.5) is 0 Å². The molecule has 0 unspecified atom stereocenters. The lowest BCUT2D eigenvalue weighted by atomic mass is 10.0. The van der Waals surface area contributed by atoms with Gasteiger partial charge in [0.15, 0.2) is 0 Å². The van der Waals surface area contributed by atoms with Crippen LogP contribution in [0.3, 0.4) is 0 Å². The molecule has 3 rings (SSSR count). The molecule has 0 saturated heterocycles. The Morgan fingerprint density at radius 2 is 2.05 bits per heavy atom. The molecule has 0 radical (unpaired) electrons.